The number of sulfonamides is 1. The van der Waals surface area contributed by atoms with Crippen molar-refractivity contribution in [2.45, 2.75) is 54.7 Å². The van der Waals surface area contributed by atoms with E-state index in [4.69, 9.17) is 9.56 Å². The van der Waals surface area contributed by atoms with E-state index in [2.05, 4.69) is 39.2 Å². The van der Waals surface area contributed by atoms with Gasteiger partial charge >= 0.3 is 0 Å². The number of nitrogens with two attached hydrogens (primary N) is 1. The molecule has 1 heterocycles. The molecule has 8 nitrogen and oxygen atoms in total. The predicted octanol–water partition coefficient (Wildman–Crippen LogP) is 3.15. The van der Waals surface area contributed by atoms with Gasteiger partial charge in [-0.2, -0.15) is 0 Å². The fourth-order valence-corrected chi connectivity index (χ4v) is 4.96. The normalized spacial score (nSPS) is 18.2. The van der Waals surface area contributed by atoms with Crippen molar-refractivity contribution in [3.05, 3.63) is 22.2 Å². The average molecular weight is 420 g/mol. The Hall–Kier alpha value is -1.14. The number of thioether (sulfide) groups is 1. The number of nitrogens with one attached hydrogen (secondary N) is 1. The quantitative estimate of drug-likeness (QED) is 0.426. The molecule has 11 heteroatoms. The zero-order chi connectivity index (χ0) is 19.9. The zero-order valence-corrected chi connectivity index (χ0v) is 18.2. The Morgan fingerprint density at radius 1 is 1.42 bits per heavy atom. The first-order valence-corrected chi connectivity index (χ1v) is 13.5. The molecule has 26 heavy (non-hydrogen) atoms. The van der Waals surface area contributed by atoms with Gasteiger partial charge in [0.25, 0.3) is 5.69 Å². The molecule has 1 aromatic rings. The van der Waals surface area contributed by atoms with Crippen molar-refractivity contribution in [3.63, 3.8) is 0 Å². The van der Waals surface area contributed by atoms with Gasteiger partial charge in [-0.05, 0) is 24.2 Å². The number of fused-ring (bicyclic) bond motifs is 1. The van der Waals surface area contributed by atoms with Gasteiger partial charge in [0.15, 0.2) is 8.32 Å². The Bertz CT molecular complexity index is 821. The van der Waals surface area contributed by atoms with E-state index in [0.29, 0.717) is 22.9 Å². The number of nitro benzene ring substituents is 1. The second-order valence-electron chi connectivity index (χ2n) is 7.84. The van der Waals surface area contributed by atoms with Crippen LogP contribution in [0.3, 0.4) is 0 Å². The summed E-state index contributed by atoms with van der Waals surface area (Å²) in [5, 5.41) is 19.8. The smallest absolute Gasteiger partial charge is 0.294 e. The van der Waals surface area contributed by atoms with Crippen LogP contribution in [0.1, 0.15) is 20.8 Å². The monoisotopic (exact) mass is 419 g/mol. The third kappa shape index (κ3) is 4.57. The predicted molar refractivity (Wildman–Crippen MR) is 106 cm³/mol. The summed E-state index contributed by atoms with van der Waals surface area (Å²) in [6, 6.07) is 2.28. The standard InChI is InChI=1S/C15H25N3O5S2Si/c1-15(2,3)26(4,5)23-8-10-9-24-13-7-11(25(16,21)22)6-12(18(19)20)14(13)17-10/h6-7,10,17H,8-9H2,1-5H3,(H2,16,21,22). The van der Waals surface area contributed by atoms with E-state index >= 15 is 0 Å². The van der Waals surface area contributed by atoms with Gasteiger partial charge in [0.2, 0.25) is 10.0 Å². The van der Waals surface area contributed by atoms with E-state index in [0.717, 1.165) is 6.07 Å². The minimum Gasteiger partial charge on any atom is -0.415 e. The topological polar surface area (TPSA) is 125 Å². The molecule has 0 bridgehead atoms. The van der Waals surface area contributed by atoms with Crippen molar-refractivity contribution < 1.29 is 17.8 Å². The lowest BCUT2D eigenvalue weighted by atomic mass is 10.2. The Morgan fingerprint density at radius 2 is 2.04 bits per heavy atom. The number of benzene rings is 1. The maximum absolute atomic E-state index is 11.6. The molecule has 0 amide bonds. The van der Waals surface area contributed by atoms with Crippen molar-refractivity contribution in [3.8, 4) is 0 Å². The van der Waals surface area contributed by atoms with Crippen molar-refractivity contribution in [2.24, 2.45) is 5.14 Å². The highest BCUT2D eigenvalue weighted by molar-refractivity contribution is 7.99. The Balaban J connectivity index is 2.26. The van der Waals surface area contributed by atoms with E-state index < -0.39 is 23.3 Å². The molecule has 0 fully saturated rings. The highest BCUT2D eigenvalue weighted by Crippen LogP contribution is 2.42. The summed E-state index contributed by atoms with van der Waals surface area (Å²) in [6.45, 7) is 11.2. The van der Waals surface area contributed by atoms with Gasteiger partial charge in [-0.3, -0.25) is 10.1 Å². The largest absolute Gasteiger partial charge is 0.415 e. The van der Waals surface area contributed by atoms with E-state index in [9.17, 15) is 18.5 Å². The van der Waals surface area contributed by atoms with Gasteiger partial charge in [-0.25, -0.2) is 13.6 Å². The van der Waals surface area contributed by atoms with Gasteiger partial charge in [-0.1, -0.05) is 20.8 Å². The van der Waals surface area contributed by atoms with Gasteiger partial charge in [0.05, 0.1) is 22.5 Å². The Labute approximate surface area is 159 Å². The van der Waals surface area contributed by atoms with Crippen LogP contribution in [0.25, 0.3) is 0 Å². The fraction of sp³-hybridized carbons (Fsp3) is 0.600. The summed E-state index contributed by atoms with van der Waals surface area (Å²) in [5.74, 6) is 0.618. The third-order valence-corrected chi connectivity index (χ3v) is 11.4. The first kappa shape index (κ1) is 21.2. The summed E-state index contributed by atoms with van der Waals surface area (Å²) >= 11 is 1.37. The zero-order valence-electron chi connectivity index (χ0n) is 15.5. The van der Waals surface area contributed by atoms with E-state index in [-0.39, 0.29) is 21.7 Å². The molecular formula is C15H25N3O5S2Si. The molecular weight excluding hydrogens is 394 g/mol. The molecule has 1 unspecified atom stereocenters. The second kappa shape index (κ2) is 7.11. The van der Waals surface area contributed by atoms with Gasteiger partial charge in [0.1, 0.15) is 5.69 Å². The van der Waals surface area contributed by atoms with Gasteiger partial charge < -0.3 is 9.74 Å². The van der Waals surface area contributed by atoms with Crippen molar-refractivity contribution in [1.29, 1.82) is 0 Å². The first-order chi connectivity index (χ1) is 11.7. The summed E-state index contributed by atoms with van der Waals surface area (Å²) in [5.41, 5.74) is 0.0264. The molecule has 2 rings (SSSR count). The molecule has 1 aliphatic heterocycles. The minimum atomic E-state index is -4.02. The van der Waals surface area contributed by atoms with Crippen LogP contribution >= 0.6 is 11.8 Å². The summed E-state index contributed by atoms with van der Waals surface area (Å²) < 4.78 is 29.4. The molecule has 0 saturated carbocycles. The van der Waals surface area contributed by atoms with E-state index in [1.165, 1.54) is 17.8 Å². The lowest BCUT2D eigenvalue weighted by Gasteiger charge is -2.38. The third-order valence-electron chi connectivity index (χ3n) is 4.82. The summed E-state index contributed by atoms with van der Waals surface area (Å²) in [7, 11) is -5.95. The first-order valence-electron chi connectivity index (χ1n) is 8.11. The van der Waals surface area contributed by atoms with Crippen LogP contribution in [0.15, 0.2) is 21.9 Å². The van der Waals surface area contributed by atoms with Crippen LogP contribution in [0, 0.1) is 10.1 Å². The fourth-order valence-electron chi connectivity index (χ4n) is 2.19. The van der Waals surface area contributed by atoms with Crippen LogP contribution < -0.4 is 10.5 Å². The minimum absolute atomic E-state index is 0.0725. The van der Waals surface area contributed by atoms with E-state index in [1.807, 2.05) is 0 Å². The van der Waals surface area contributed by atoms with Gasteiger partial charge in [-0.15, -0.1) is 11.8 Å². The summed E-state index contributed by atoms with van der Waals surface area (Å²) in [4.78, 5) is 11.1. The highest BCUT2D eigenvalue weighted by atomic mass is 32.2. The lowest BCUT2D eigenvalue weighted by molar-refractivity contribution is -0.384. The Morgan fingerprint density at radius 3 is 2.54 bits per heavy atom. The van der Waals surface area contributed by atoms with Gasteiger partial charge in [0, 0.05) is 16.7 Å². The summed E-state index contributed by atoms with van der Waals surface area (Å²) in [6.07, 6.45) is 0. The molecule has 0 radical (unpaired) electrons. The molecule has 0 saturated heterocycles. The Kier molecular flexibility index (Phi) is 5.79. The number of anilines is 1. The molecule has 0 spiro atoms. The molecule has 146 valence electrons. The van der Waals surface area contributed by atoms with Crippen LogP contribution in [-0.2, 0) is 14.4 Å². The molecule has 3 N–H and O–H groups in total. The maximum Gasteiger partial charge on any atom is 0.294 e. The molecule has 0 aliphatic carbocycles. The SMILES string of the molecule is CC(C)(C)[Si](C)(C)OCC1CSc2cc(S(N)(=O)=O)cc([N+](=O)[O-])c2N1. The maximum atomic E-state index is 11.6. The number of hydrogen-bond donors (Lipinski definition) is 2. The number of hydrogen-bond acceptors (Lipinski definition) is 7. The van der Waals surface area contributed by atoms with Crippen molar-refractivity contribution >= 4 is 41.5 Å². The highest BCUT2D eigenvalue weighted by Gasteiger charge is 2.38. The number of primary sulfonamides is 1. The van der Waals surface area contributed by atoms with Crippen LogP contribution in [0.5, 0.6) is 0 Å². The van der Waals surface area contributed by atoms with Crippen molar-refractivity contribution in [1.82, 2.24) is 0 Å². The number of nitro groups is 1. The van der Waals surface area contributed by atoms with Crippen LogP contribution in [-0.4, -0.2) is 40.1 Å². The van der Waals surface area contributed by atoms with E-state index in [1.54, 1.807) is 0 Å². The second-order valence-corrected chi connectivity index (χ2v) is 15.3. The molecule has 0 aromatic heterocycles. The molecule has 1 atom stereocenters. The molecule has 1 aliphatic rings. The number of nitrogens with zero attached hydrogens (tertiary/aromatic N) is 1. The number of rotatable bonds is 5. The average Bonchev–Trinajstić information content (AvgIpc) is 2.49. The molecule has 1 aromatic carbocycles. The lowest BCUT2D eigenvalue weighted by Crippen LogP contribution is -2.44. The van der Waals surface area contributed by atoms with Crippen LogP contribution in [0.4, 0.5) is 11.4 Å². The van der Waals surface area contributed by atoms with Crippen molar-refractivity contribution in [2.75, 3.05) is 17.7 Å². The van der Waals surface area contributed by atoms with Crippen LogP contribution in [0.2, 0.25) is 18.1 Å².